The first-order valence-corrected chi connectivity index (χ1v) is 8.74. The second-order valence-electron chi connectivity index (χ2n) is 6.91. The SMILES string of the molecule is CCOc1cc(/C=N\NC(=O)[C@@H]2[C@H]3CCCC[C@@]32C)ccc1OC. The van der Waals surface area contributed by atoms with Gasteiger partial charge in [-0.15, -0.1) is 0 Å². The third-order valence-electron chi connectivity index (χ3n) is 5.49. The lowest BCUT2D eigenvalue weighted by molar-refractivity contribution is -0.123. The fourth-order valence-corrected chi connectivity index (χ4v) is 4.13. The first-order chi connectivity index (χ1) is 11.6. The number of fused-ring (bicyclic) bond motifs is 1. The van der Waals surface area contributed by atoms with Crippen molar-refractivity contribution in [2.45, 2.75) is 39.5 Å². The molecule has 5 nitrogen and oxygen atoms in total. The van der Waals surface area contributed by atoms with Gasteiger partial charge >= 0.3 is 0 Å². The van der Waals surface area contributed by atoms with Crippen LogP contribution in [0.5, 0.6) is 11.5 Å². The summed E-state index contributed by atoms with van der Waals surface area (Å²) in [5.41, 5.74) is 3.78. The summed E-state index contributed by atoms with van der Waals surface area (Å²) in [5, 5.41) is 4.13. The third kappa shape index (κ3) is 3.12. The van der Waals surface area contributed by atoms with Crippen LogP contribution in [-0.2, 0) is 4.79 Å². The van der Waals surface area contributed by atoms with Gasteiger partial charge in [-0.25, -0.2) is 5.43 Å². The Balaban J connectivity index is 1.60. The van der Waals surface area contributed by atoms with Crippen molar-refractivity contribution in [2.24, 2.45) is 22.4 Å². The number of carbonyl (C=O) groups excluding carboxylic acids is 1. The van der Waals surface area contributed by atoms with Gasteiger partial charge < -0.3 is 9.47 Å². The maximum Gasteiger partial charge on any atom is 0.244 e. The normalized spacial score (nSPS) is 28.3. The molecule has 2 aliphatic carbocycles. The van der Waals surface area contributed by atoms with Crippen molar-refractivity contribution in [1.82, 2.24) is 5.43 Å². The van der Waals surface area contributed by atoms with Crippen LogP contribution in [0, 0.1) is 17.3 Å². The summed E-state index contributed by atoms with van der Waals surface area (Å²) >= 11 is 0. The number of methoxy groups -OCH3 is 1. The van der Waals surface area contributed by atoms with Crippen LogP contribution in [0.1, 0.15) is 45.1 Å². The summed E-state index contributed by atoms with van der Waals surface area (Å²) < 4.78 is 10.8. The minimum atomic E-state index is 0.0548. The second kappa shape index (κ2) is 6.83. The summed E-state index contributed by atoms with van der Waals surface area (Å²) in [6, 6.07) is 5.58. The first-order valence-electron chi connectivity index (χ1n) is 8.74. The zero-order valence-corrected chi connectivity index (χ0v) is 14.7. The molecule has 0 aliphatic heterocycles. The van der Waals surface area contributed by atoms with E-state index >= 15 is 0 Å². The van der Waals surface area contributed by atoms with Gasteiger partial charge in [0.25, 0.3) is 0 Å². The molecule has 3 atom stereocenters. The zero-order chi connectivity index (χ0) is 17.2. The molecule has 1 aromatic carbocycles. The molecule has 1 N–H and O–H groups in total. The van der Waals surface area contributed by atoms with E-state index in [9.17, 15) is 4.79 Å². The van der Waals surface area contributed by atoms with Gasteiger partial charge in [-0.1, -0.05) is 19.8 Å². The van der Waals surface area contributed by atoms with E-state index in [0.717, 1.165) is 12.0 Å². The molecule has 0 unspecified atom stereocenters. The number of ether oxygens (including phenoxy) is 2. The number of hydrogen-bond donors (Lipinski definition) is 1. The number of amides is 1. The molecule has 24 heavy (non-hydrogen) atoms. The minimum Gasteiger partial charge on any atom is -0.493 e. The van der Waals surface area contributed by atoms with Crippen molar-refractivity contribution in [3.63, 3.8) is 0 Å². The summed E-state index contributed by atoms with van der Waals surface area (Å²) in [4.78, 5) is 12.4. The lowest BCUT2D eigenvalue weighted by Gasteiger charge is -2.15. The largest absolute Gasteiger partial charge is 0.493 e. The Morgan fingerprint density at radius 1 is 1.42 bits per heavy atom. The van der Waals surface area contributed by atoms with E-state index in [-0.39, 0.29) is 17.2 Å². The van der Waals surface area contributed by atoms with Crippen molar-refractivity contribution in [3.05, 3.63) is 23.8 Å². The van der Waals surface area contributed by atoms with Gasteiger partial charge in [0.2, 0.25) is 5.91 Å². The van der Waals surface area contributed by atoms with E-state index < -0.39 is 0 Å². The lowest BCUT2D eigenvalue weighted by atomic mass is 9.90. The van der Waals surface area contributed by atoms with Crippen molar-refractivity contribution >= 4 is 12.1 Å². The van der Waals surface area contributed by atoms with Gasteiger partial charge in [0.05, 0.1) is 19.9 Å². The second-order valence-corrected chi connectivity index (χ2v) is 6.91. The number of nitrogens with zero attached hydrogens (tertiary/aromatic N) is 1. The number of nitrogens with one attached hydrogen (secondary N) is 1. The first kappa shape index (κ1) is 16.8. The van der Waals surface area contributed by atoms with Gasteiger partial charge in [-0.05, 0) is 54.9 Å². The quantitative estimate of drug-likeness (QED) is 0.642. The predicted molar refractivity (Wildman–Crippen MR) is 93.5 cm³/mol. The molecule has 1 amide bonds. The number of carbonyl (C=O) groups is 1. The number of rotatable bonds is 6. The van der Waals surface area contributed by atoms with Crippen molar-refractivity contribution < 1.29 is 14.3 Å². The van der Waals surface area contributed by atoms with Crippen molar-refractivity contribution in [3.8, 4) is 11.5 Å². The minimum absolute atomic E-state index is 0.0548. The average Bonchev–Trinajstić information content (AvgIpc) is 3.21. The van der Waals surface area contributed by atoms with E-state index in [1.807, 2.05) is 25.1 Å². The highest BCUT2D eigenvalue weighted by molar-refractivity contribution is 5.86. The highest BCUT2D eigenvalue weighted by Crippen LogP contribution is 2.66. The third-order valence-corrected chi connectivity index (χ3v) is 5.49. The van der Waals surface area contributed by atoms with Crippen LogP contribution in [0.4, 0.5) is 0 Å². The predicted octanol–water partition coefficient (Wildman–Crippen LogP) is 3.37. The maximum absolute atomic E-state index is 12.4. The molecule has 2 fully saturated rings. The molecule has 2 aliphatic rings. The van der Waals surface area contributed by atoms with E-state index in [0.29, 0.717) is 24.0 Å². The Hall–Kier alpha value is -2.04. The maximum atomic E-state index is 12.4. The van der Waals surface area contributed by atoms with Crippen LogP contribution < -0.4 is 14.9 Å². The summed E-state index contributed by atoms with van der Waals surface area (Å²) in [6.07, 6.45) is 6.48. The molecular weight excluding hydrogens is 304 g/mol. The van der Waals surface area contributed by atoms with Crippen LogP contribution in [-0.4, -0.2) is 25.8 Å². The van der Waals surface area contributed by atoms with E-state index in [1.165, 1.54) is 19.3 Å². The molecule has 0 bridgehead atoms. The van der Waals surface area contributed by atoms with E-state index in [1.54, 1.807) is 13.3 Å². The van der Waals surface area contributed by atoms with Gasteiger partial charge in [0.15, 0.2) is 11.5 Å². The molecular formula is C19H26N2O3. The number of benzene rings is 1. The Morgan fingerprint density at radius 2 is 2.25 bits per heavy atom. The lowest BCUT2D eigenvalue weighted by Crippen LogP contribution is -2.22. The summed E-state index contributed by atoms with van der Waals surface area (Å²) in [7, 11) is 1.61. The smallest absolute Gasteiger partial charge is 0.244 e. The Labute approximate surface area is 143 Å². The van der Waals surface area contributed by atoms with Gasteiger partial charge in [0, 0.05) is 5.92 Å². The fourth-order valence-electron chi connectivity index (χ4n) is 4.13. The highest BCUT2D eigenvalue weighted by atomic mass is 16.5. The fraction of sp³-hybridized carbons (Fsp3) is 0.579. The topological polar surface area (TPSA) is 59.9 Å². The molecule has 0 saturated heterocycles. The summed E-state index contributed by atoms with van der Waals surface area (Å²) in [6.45, 7) is 4.73. The van der Waals surface area contributed by atoms with E-state index in [2.05, 4.69) is 17.5 Å². The van der Waals surface area contributed by atoms with Crippen LogP contribution in [0.3, 0.4) is 0 Å². The molecule has 3 rings (SSSR count). The molecule has 0 heterocycles. The van der Waals surface area contributed by atoms with Gasteiger partial charge in [-0.3, -0.25) is 4.79 Å². The number of hydrazone groups is 1. The average molecular weight is 330 g/mol. The van der Waals surface area contributed by atoms with Crippen LogP contribution in [0.15, 0.2) is 23.3 Å². The molecule has 0 aromatic heterocycles. The van der Waals surface area contributed by atoms with Crippen LogP contribution in [0.25, 0.3) is 0 Å². The van der Waals surface area contributed by atoms with Crippen LogP contribution >= 0.6 is 0 Å². The molecule has 2 saturated carbocycles. The monoisotopic (exact) mass is 330 g/mol. The Kier molecular flexibility index (Phi) is 4.78. The zero-order valence-electron chi connectivity index (χ0n) is 14.7. The Bertz CT molecular complexity index is 643. The van der Waals surface area contributed by atoms with E-state index in [4.69, 9.17) is 9.47 Å². The van der Waals surface area contributed by atoms with Gasteiger partial charge in [-0.2, -0.15) is 5.10 Å². The standard InChI is InChI=1S/C19H26N2O3/c1-4-24-16-11-13(8-9-15(16)23-3)12-20-21-18(22)17-14-7-5-6-10-19(14,17)2/h8-9,11-12,14,17H,4-7,10H2,1-3H3,(H,21,22)/b20-12-/t14-,17+,19+/m1/s1. The Morgan fingerprint density at radius 3 is 2.92 bits per heavy atom. The molecule has 0 radical (unpaired) electrons. The van der Waals surface area contributed by atoms with Crippen LogP contribution in [0.2, 0.25) is 0 Å². The summed E-state index contributed by atoms with van der Waals surface area (Å²) in [5.74, 6) is 2.10. The van der Waals surface area contributed by atoms with Gasteiger partial charge in [0.1, 0.15) is 0 Å². The molecule has 0 spiro atoms. The van der Waals surface area contributed by atoms with Crippen molar-refractivity contribution in [1.29, 1.82) is 0 Å². The highest BCUT2D eigenvalue weighted by Gasteiger charge is 2.64. The molecule has 1 aromatic rings. The number of hydrogen-bond acceptors (Lipinski definition) is 4. The van der Waals surface area contributed by atoms with Crippen molar-refractivity contribution in [2.75, 3.05) is 13.7 Å². The molecule has 5 heteroatoms. The molecule has 130 valence electrons.